The average molecular weight is 186 g/mol. The van der Waals surface area contributed by atoms with E-state index in [1.807, 2.05) is 18.2 Å². The fourth-order valence-electron chi connectivity index (χ4n) is 2.17. The second-order valence-electron chi connectivity index (χ2n) is 3.74. The van der Waals surface area contributed by atoms with Crippen molar-refractivity contribution in [2.75, 3.05) is 0 Å². The van der Waals surface area contributed by atoms with Crippen molar-refractivity contribution in [3.8, 4) is 0 Å². The van der Waals surface area contributed by atoms with Gasteiger partial charge in [0.1, 0.15) is 5.76 Å². The normalized spacial score (nSPS) is 19.0. The van der Waals surface area contributed by atoms with E-state index in [4.69, 9.17) is 4.74 Å². The summed E-state index contributed by atoms with van der Waals surface area (Å²) in [4.78, 5) is 11.2. The molecule has 1 aliphatic heterocycles. The van der Waals surface area contributed by atoms with Gasteiger partial charge in [-0.25, -0.2) is 0 Å². The summed E-state index contributed by atoms with van der Waals surface area (Å²) in [5.41, 5.74) is 3.58. The number of benzene rings is 1. The molecule has 0 N–H and O–H groups in total. The van der Waals surface area contributed by atoms with E-state index in [0.29, 0.717) is 6.42 Å². The molecule has 0 aromatic heterocycles. The predicted molar refractivity (Wildman–Crippen MR) is 52.4 cm³/mol. The Bertz CT molecular complexity index is 443. The summed E-state index contributed by atoms with van der Waals surface area (Å²) in [6.07, 6.45) is 2.49. The van der Waals surface area contributed by atoms with Gasteiger partial charge in [-0.05, 0) is 24.0 Å². The summed E-state index contributed by atoms with van der Waals surface area (Å²) in [7, 11) is 0. The van der Waals surface area contributed by atoms with E-state index in [1.165, 1.54) is 11.1 Å². The number of hydrogen-bond donors (Lipinski definition) is 0. The maximum Gasteiger partial charge on any atom is 0.315 e. The molecule has 14 heavy (non-hydrogen) atoms. The summed E-state index contributed by atoms with van der Waals surface area (Å²) in [5, 5.41) is 0. The van der Waals surface area contributed by atoms with Crippen LogP contribution in [-0.4, -0.2) is 5.97 Å². The van der Waals surface area contributed by atoms with Crippen LogP contribution in [0.4, 0.5) is 0 Å². The van der Waals surface area contributed by atoms with Gasteiger partial charge in [-0.1, -0.05) is 24.3 Å². The van der Waals surface area contributed by atoms with Crippen LogP contribution in [0.25, 0.3) is 5.76 Å². The highest BCUT2D eigenvalue weighted by molar-refractivity contribution is 5.89. The zero-order valence-electron chi connectivity index (χ0n) is 7.75. The van der Waals surface area contributed by atoms with Crippen LogP contribution < -0.4 is 0 Å². The molecule has 0 amide bonds. The number of carbonyl (C=O) groups excluding carboxylic acids is 1. The first kappa shape index (κ1) is 7.80. The Kier molecular flexibility index (Phi) is 1.51. The highest BCUT2D eigenvalue weighted by Crippen LogP contribution is 2.37. The van der Waals surface area contributed by atoms with Gasteiger partial charge in [0.15, 0.2) is 0 Å². The van der Waals surface area contributed by atoms with Crippen molar-refractivity contribution < 1.29 is 9.53 Å². The molecule has 0 bridgehead atoms. The average Bonchev–Trinajstić information content (AvgIpc) is 2.59. The molecule has 0 saturated heterocycles. The third kappa shape index (κ3) is 1.00. The van der Waals surface area contributed by atoms with Gasteiger partial charge >= 0.3 is 5.97 Å². The molecule has 0 spiro atoms. The zero-order chi connectivity index (χ0) is 9.54. The number of ether oxygens (including phenoxy) is 1. The highest BCUT2D eigenvalue weighted by atomic mass is 16.5. The van der Waals surface area contributed by atoms with Crippen molar-refractivity contribution in [1.82, 2.24) is 0 Å². The number of aryl methyl sites for hydroxylation is 1. The van der Waals surface area contributed by atoms with Crippen LogP contribution in [0.5, 0.6) is 0 Å². The van der Waals surface area contributed by atoms with Crippen LogP contribution in [-0.2, 0) is 16.0 Å². The van der Waals surface area contributed by atoms with Gasteiger partial charge < -0.3 is 4.74 Å². The molecule has 1 aromatic rings. The van der Waals surface area contributed by atoms with Crippen LogP contribution in [0.2, 0.25) is 0 Å². The summed E-state index contributed by atoms with van der Waals surface area (Å²) in [6.45, 7) is 0. The monoisotopic (exact) mass is 186 g/mol. The third-order valence-electron chi connectivity index (χ3n) is 2.85. The topological polar surface area (TPSA) is 26.3 Å². The lowest BCUT2D eigenvalue weighted by Crippen LogP contribution is -2.01. The first-order chi connectivity index (χ1) is 6.84. The zero-order valence-corrected chi connectivity index (χ0v) is 7.75. The number of hydrogen-bond acceptors (Lipinski definition) is 2. The SMILES string of the molecule is O=C1CC2=C(O1)c1ccccc1CC2. The maximum absolute atomic E-state index is 11.2. The summed E-state index contributed by atoms with van der Waals surface area (Å²) in [6, 6.07) is 8.15. The molecular formula is C12H10O2. The Labute approximate surface area is 82.2 Å². The summed E-state index contributed by atoms with van der Waals surface area (Å²) >= 11 is 0. The number of esters is 1. The lowest BCUT2D eigenvalue weighted by atomic mass is 9.90. The molecule has 2 aliphatic rings. The van der Waals surface area contributed by atoms with Crippen LogP contribution in [0.15, 0.2) is 29.8 Å². The Balaban J connectivity index is 2.15. The second-order valence-corrected chi connectivity index (χ2v) is 3.74. The Morgan fingerprint density at radius 1 is 1.14 bits per heavy atom. The Morgan fingerprint density at radius 3 is 2.93 bits per heavy atom. The molecule has 0 unspecified atom stereocenters. The van der Waals surface area contributed by atoms with Gasteiger partial charge in [-0.2, -0.15) is 0 Å². The van der Waals surface area contributed by atoms with E-state index in [1.54, 1.807) is 0 Å². The van der Waals surface area contributed by atoms with Crippen LogP contribution in [0, 0.1) is 0 Å². The molecule has 70 valence electrons. The van der Waals surface area contributed by atoms with Gasteiger partial charge in [0.2, 0.25) is 0 Å². The molecule has 1 aromatic carbocycles. The lowest BCUT2D eigenvalue weighted by Gasteiger charge is -2.15. The first-order valence-corrected chi connectivity index (χ1v) is 4.85. The second kappa shape index (κ2) is 2.71. The summed E-state index contributed by atoms with van der Waals surface area (Å²) < 4.78 is 5.23. The minimum absolute atomic E-state index is 0.105. The first-order valence-electron chi connectivity index (χ1n) is 4.85. The quantitative estimate of drug-likeness (QED) is 0.581. The van der Waals surface area contributed by atoms with Crippen molar-refractivity contribution >= 4 is 11.7 Å². The molecule has 0 atom stereocenters. The van der Waals surface area contributed by atoms with Crippen LogP contribution in [0.1, 0.15) is 24.0 Å². The molecule has 0 saturated carbocycles. The van der Waals surface area contributed by atoms with E-state index in [-0.39, 0.29) is 5.97 Å². The Hall–Kier alpha value is -1.57. The van der Waals surface area contributed by atoms with Crippen molar-refractivity contribution in [2.45, 2.75) is 19.3 Å². The minimum atomic E-state index is -0.105. The minimum Gasteiger partial charge on any atom is -0.426 e. The van der Waals surface area contributed by atoms with E-state index in [2.05, 4.69) is 6.07 Å². The van der Waals surface area contributed by atoms with Gasteiger partial charge in [0.25, 0.3) is 0 Å². The molecule has 1 heterocycles. The molecular weight excluding hydrogens is 176 g/mol. The van der Waals surface area contributed by atoms with Crippen molar-refractivity contribution in [3.63, 3.8) is 0 Å². The molecule has 3 rings (SSSR count). The van der Waals surface area contributed by atoms with E-state index >= 15 is 0 Å². The van der Waals surface area contributed by atoms with Gasteiger partial charge in [0.05, 0.1) is 6.42 Å². The smallest absolute Gasteiger partial charge is 0.315 e. The standard InChI is InChI=1S/C12H10O2/c13-11-7-9-6-5-8-3-1-2-4-10(8)12(9)14-11/h1-4H,5-7H2. The van der Waals surface area contributed by atoms with E-state index < -0.39 is 0 Å². The van der Waals surface area contributed by atoms with Gasteiger partial charge in [-0.15, -0.1) is 0 Å². The largest absolute Gasteiger partial charge is 0.426 e. The molecule has 0 radical (unpaired) electrons. The predicted octanol–water partition coefficient (Wildman–Crippen LogP) is 2.29. The third-order valence-corrected chi connectivity index (χ3v) is 2.85. The molecule has 2 heteroatoms. The van der Waals surface area contributed by atoms with Crippen LogP contribution >= 0.6 is 0 Å². The summed E-state index contributed by atoms with van der Waals surface area (Å²) in [5.74, 6) is 0.726. The Morgan fingerprint density at radius 2 is 2.00 bits per heavy atom. The van der Waals surface area contributed by atoms with E-state index in [9.17, 15) is 4.79 Å². The fourth-order valence-corrected chi connectivity index (χ4v) is 2.17. The fraction of sp³-hybridized carbons (Fsp3) is 0.250. The van der Waals surface area contributed by atoms with Crippen LogP contribution in [0.3, 0.4) is 0 Å². The maximum atomic E-state index is 11.2. The highest BCUT2D eigenvalue weighted by Gasteiger charge is 2.28. The number of rotatable bonds is 0. The molecule has 0 fully saturated rings. The van der Waals surface area contributed by atoms with Gasteiger partial charge in [0, 0.05) is 5.56 Å². The lowest BCUT2D eigenvalue weighted by molar-refractivity contribution is -0.134. The van der Waals surface area contributed by atoms with E-state index in [0.717, 1.165) is 24.2 Å². The number of fused-ring (bicyclic) bond motifs is 2. The van der Waals surface area contributed by atoms with Gasteiger partial charge in [-0.3, -0.25) is 4.79 Å². The molecule has 1 aliphatic carbocycles. The van der Waals surface area contributed by atoms with Crippen molar-refractivity contribution in [2.24, 2.45) is 0 Å². The van der Waals surface area contributed by atoms with Crippen molar-refractivity contribution in [3.05, 3.63) is 41.0 Å². The van der Waals surface area contributed by atoms with Crippen molar-refractivity contribution in [1.29, 1.82) is 0 Å². The molecule has 2 nitrogen and oxygen atoms in total. The number of carbonyl (C=O) groups is 1.